The van der Waals surface area contributed by atoms with E-state index in [4.69, 9.17) is 0 Å². The van der Waals surface area contributed by atoms with Crippen LogP contribution in [0.25, 0.3) is 0 Å². The molecule has 0 heterocycles. The molecule has 0 amide bonds. The second-order valence-electron chi connectivity index (χ2n) is 0. The van der Waals surface area contributed by atoms with Crippen LogP contribution in [0.1, 0.15) is 0 Å². The molecule has 0 rings (SSSR count). The first kappa shape index (κ1) is 16.0. The van der Waals surface area contributed by atoms with Gasteiger partial charge in [0.1, 0.15) is 0 Å². The summed E-state index contributed by atoms with van der Waals surface area (Å²) < 4.78 is 0. The molecule has 21 valence electrons. The summed E-state index contributed by atoms with van der Waals surface area (Å²) in [6, 6.07) is 0. The summed E-state index contributed by atoms with van der Waals surface area (Å²) in [5, 5.41) is 0. The number of rotatable bonds is 0. The van der Waals surface area contributed by atoms with Crippen molar-refractivity contribution in [1.29, 1.82) is 0 Å². The van der Waals surface area contributed by atoms with E-state index < -0.39 is 0 Å². The van der Waals surface area contributed by atoms with Crippen LogP contribution in [-0.2, 0) is 53.8 Å². The monoisotopic (exact) mass is 227 g/mol. The van der Waals surface area contributed by atoms with E-state index in [1.807, 2.05) is 17.4 Å². The minimum atomic E-state index is 0. The Bertz CT molecular complexity index is 8.00. The average Bonchev–Trinajstić information content (AvgIpc) is 1.00. The molecular weight excluding hydrogens is 222 g/mol. The van der Waals surface area contributed by atoms with Crippen molar-refractivity contribution in [3.05, 3.63) is 0 Å². The standard InChI is InChI=1S/Al.Mo.Ti.V.3H. The van der Waals surface area contributed by atoms with Gasteiger partial charge in [-0.2, -0.15) is 0 Å². The van der Waals surface area contributed by atoms with E-state index in [0.29, 0.717) is 0 Å². The minimum absolute atomic E-state index is 0. The van der Waals surface area contributed by atoms with Gasteiger partial charge in [-0.3, -0.25) is 0 Å². The Morgan fingerprint density at radius 2 is 1.25 bits per heavy atom. The van der Waals surface area contributed by atoms with Gasteiger partial charge in [0.25, 0.3) is 0 Å². The molecule has 0 aromatic heterocycles. The van der Waals surface area contributed by atoms with Gasteiger partial charge in [-0.1, -0.05) is 0 Å². The van der Waals surface area contributed by atoms with E-state index in [0.717, 1.165) is 0 Å². The van der Waals surface area contributed by atoms with Gasteiger partial charge in [-0.05, 0) is 0 Å². The summed E-state index contributed by atoms with van der Waals surface area (Å²) in [6.45, 7) is 0. The van der Waals surface area contributed by atoms with Crippen molar-refractivity contribution in [1.82, 2.24) is 0 Å². The number of hydrogen-bond acceptors (Lipinski definition) is 0. The second kappa shape index (κ2) is 17.8. The van der Waals surface area contributed by atoms with Crippen molar-refractivity contribution in [2.24, 2.45) is 0 Å². The van der Waals surface area contributed by atoms with Crippen LogP contribution >= 0.6 is 0 Å². The Morgan fingerprint density at radius 1 is 1.25 bits per heavy atom. The topological polar surface area (TPSA) is 0 Å². The maximum atomic E-state index is 2.32. The number of hydrogen-bond donors (Lipinski definition) is 0. The zero-order chi connectivity index (χ0) is 2.00. The van der Waals surface area contributed by atoms with Gasteiger partial charge in [-0.15, -0.1) is 0 Å². The predicted molar refractivity (Wildman–Crippen MR) is 9.94 cm³/mol. The second-order valence-corrected chi connectivity index (χ2v) is 0. The van der Waals surface area contributed by atoms with Crippen molar-refractivity contribution in [3.63, 3.8) is 0 Å². The van der Waals surface area contributed by atoms with E-state index >= 15 is 0 Å². The summed E-state index contributed by atoms with van der Waals surface area (Å²) in [5.74, 6) is 0. The molecule has 0 aliphatic heterocycles. The van der Waals surface area contributed by atoms with E-state index in [2.05, 4.69) is 14.6 Å². The van der Waals surface area contributed by atoms with Crippen molar-refractivity contribution in [2.75, 3.05) is 0 Å². The van der Waals surface area contributed by atoms with E-state index in [1.54, 1.807) is 0 Å². The van der Waals surface area contributed by atoms with E-state index in [-0.39, 0.29) is 39.1 Å². The van der Waals surface area contributed by atoms with Crippen LogP contribution in [0, 0.1) is 0 Å². The molecule has 0 radical (unpaired) electrons. The molecule has 0 bridgehead atoms. The summed E-state index contributed by atoms with van der Waals surface area (Å²) in [4.78, 5) is 0. The molecule has 0 saturated carbocycles. The van der Waals surface area contributed by atoms with Crippen LogP contribution in [0.4, 0.5) is 0 Å². The third-order valence-electron chi connectivity index (χ3n) is 0. The molecule has 0 aromatic rings. The molecule has 0 nitrogen and oxygen atoms in total. The first-order chi connectivity index (χ1) is 1.00. The van der Waals surface area contributed by atoms with Gasteiger partial charge in [0.05, 0.1) is 0 Å². The molecule has 0 fully saturated rings. The van der Waals surface area contributed by atoms with Gasteiger partial charge in [0.2, 0.25) is 0 Å². The fourth-order valence-corrected chi connectivity index (χ4v) is 0. The van der Waals surface area contributed by atoms with E-state index in [9.17, 15) is 0 Å². The molecule has 0 N–H and O–H groups in total. The van der Waals surface area contributed by atoms with Crippen LogP contribution in [0.2, 0.25) is 0 Å². The van der Waals surface area contributed by atoms with Crippen LogP contribution in [0.3, 0.4) is 0 Å². The van der Waals surface area contributed by atoms with Gasteiger partial charge in [-0.25, -0.2) is 0 Å². The summed E-state index contributed by atoms with van der Waals surface area (Å²) in [6.07, 6.45) is 0. The van der Waals surface area contributed by atoms with Gasteiger partial charge >= 0.3 is 32.0 Å². The zero-order valence-corrected chi connectivity index (χ0v) is 6.32. The van der Waals surface area contributed by atoms with Crippen LogP contribution in [-0.4, -0.2) is 17.4 Å². The average molecular weight is 225 g/mol. The molecule has 0 spiro atoms. The quantitative estimate of drug-likeness (QED) is 0.454. The Balaban J connectivity index is -0.00000000500. The fourth-order valence-electron chi connectivity index (χ4n) is 0. The Labute approximate surface area is 70.1 Å². The molecule has 0 aliphatic rings. The van der Waals surface area contributed by atoms with Crippen molar-refractivity contribution >= 4 is 17.4 Å². The third kappa shape index (κ3) is 8.82. The Morgan fingerprint density at radius 3 is 1.25 bits per heavy atom. The first-order valence-electron chi connectivity index (χ1n) is 0.183. The summed E-state index contributed by atoms with van der Waals surface area (Å²) in [5.41, 5.74) is 0. The van der Waals surface area contributed by atoms with Crippen LogP contribution in [0.15, 0.2) is 0 Å². The van der Waals surface area contributed by atoms with Crippen LogP contribution < -0.4 is 0 Å². The van der Waals surface area contributed by atoms with E-state index in [1.165, 1.54) is 0 Å². The fraction of sp³-hybridized carbons (Fsp3) is 0. The summed E-state index contributed by atoms with van der Waals surface area (Å²) >= 11 is 4.21. The summed E-state index contributed by atoms with van der Waals surface area (Å²) in [7, 11) is 0. The molecule has 0 aliphatic carbocycles. The molecule has 0 aromatic carbocycles. The normalized spacial score (nSPS) is 1.00. The molecular formula is H3AlMoTiV. The third-order valence-corrected chi connectivity index (χ3v) is 0. The SMILES string of the molecule is [AlH3].[Ti].[V][Mo]. The van der Waals surface area contributed by atoms with Gasteiger partial charge in [0.15, 0.2) is 17.4 Å². The first-order valence-corrected chi connectivity index (χ1v) is 4.45. The predicted octanol–water partition coefficient (Wildman–Crippen LogP) is -1.19. The maximum absolute atomic E-state index is 2.32. The van der Waals surface area contributed by atoms with Gasteiger partial charge in [0, 0.05) is 21.7 Å². The Kier molecular flexibility index (Phi) is 71.2. The molecule has 0 saturated heterocycles. The zero-order valence-electron chi connectivity index (χ0n) is 1.36. The molecule has 4 heavy (non-hydrogen) atoms. The van der Waals surface area contributed by atoms with Crippen molar-refractivity contribution in [2.45, 2.75) is 0 Å². The van der Waals surface area contributed by atoms with Gasteiger partial charge < -0.3 is 0 Å². The Hall–Kier alpha value is 2.52. The molecule has 4 heteroatoms. The van der Waals surface area contributed by atoms with Crippen molar-refractivity contribution in [3.8, 4) is 0 Å². The van der Waals surface area contributed by atoms with Crippen LogP contribution in [0.5, 0.6) is 0 Å². The van der Waals surface area contributed by atoms with Crippen molar-refractivity contribution < 1.29 is 53.8 Å². The molecule has 0 unspecified atom stereocenters. The molecule has 0 atom stereocenters.